The minimum Gasteiger partial charge on any atom is -0.389 e. The Morgan fingerprint density at radius 2 is 2.07 bits per heavy atom. The first-order chi connectivity index (χ1) is 6.26. The van der Waals surface area contributed by atoms with Crippen LogP contribution in [-0.4, -0.2) is 40.6 Å². The van der Waals surface area contributed by atoms with Gasteiger partial charge in [-0.2, -0.15) is 0 Å². The lowest BCUT2D eigenvalue weighted by Gasteiger charge is -2.28. The number of likely N-dealkylation sites (N-methyl/N-ethyl adjacent to an activating group) is 1. The number of amides is 1. The highest BCUT2D eigenvalue weighted by Crippen LogP contribution is 2.06. The molecule has 0 aromatic heterocycles. The molecule has 0 aliphatic carbocycles. The van der Waals surface area contributed by atoms with E-state index >= 15 is 0 Å². The van der Waals surface area contributed by atoms with Crippen molar-refractivity contribution >= 4 is 5.91 Å². The maximum Gasteiger partial charge on any atom is 0.224 e. The fourth-order valence-electron chi connectivity index (χ4n) is 1.25. The average Bonchev–Trinajstić information content (AvgIpc) is 1.96. The summed E-state index contributed by atoms with van der Waals surface area (Å²) in [5, 5.41) is 9.58. The monoisotopic (exact) mass is 202 g/mol. The molecule has 3 N–H and O–H groups in total. The predicted octanol–water partition coefficient (Wildman–Crippen LogP) is 0.343. The first-order valence-electron chi connectivity index (χ1n) is 5.02. The van der Waals surface area contributed by atoms with Crippen molar-refractivity contribution in [3.05, 3.63) is 0 Å². The van der Waals surface area contributed by atoms with Crippen molar-refractivity contribution in [2.45, 2.75) is 45.8 Å². The number of nitrogens with zero attached hydrogens (tertiary/aromatic N) is 1. The second-order valence-corrected chi connectivity index (χ2v) is 4.40. The molecule has 0 aliphatic heterocycles. The van der Waals surface area contributed by atoms with Crippen LogP contribution in [0.5, 0.6) is 0 Å². The van der Waals surface area contributed by atoms with Crippen LogP contribution in [-0.2, 0) is 4.79 Å². The van der Waals surface area contributed by atoms with Gasteiger partial charge >= 0.3 is 0 Å². The van der Waals surface area contributed by atoms with Gasteiger partial charge in [-0.1, -0.05) is 0 Å². The Hall–Kier alpha value is -0.610. The van der Waals surface area contributed by atoms with Crippen molar-refractivity contribution in [1.29, 1.82) is 0 Å². The normalized spacial score (nSPS) is 13.9. The van der Waals surface area contributed by atoms with Gasteiger partial charge in [0.1, 0.15) is 0 Å². The summed E-state index contributed by atoms with van der Waals surface area (Å²) in [5.74, 6) is 0.00428. The van der Waals surface area contributed by atoms with Crippen LogP contribution in [0.2, 0.25) is 0 Å². The molecule has 0 saturated carbocycles. The van der Waals surface area contributed by atoms with Gasteiger partial charge in [0, 0.05) is 25.6 Å². The lowest BCUT2D eigenvalue weighted by molar-refractivity contribution is -0.134. The minimum absolute atomic E-state index is 0.00428. The van der Waals surface area contributed by atoms with Gasteiger partial charge in [-0.25, -0.2) is 0 Å². The molecule has 4 nitrogen and oxygen atoms in total. The highest BCUT2D eigenvalue weighted by molar-refractivity contribution is 5.76. The summed E-state index contributed by atoms with van der Waals surface area (Å²) < 4.78 is 0. The standard InChI is InChI=1S/C10H22N2O2/c1-5-12(7-10(3,4)14)9(13)6-8(2)11/h8,14H,5-7,11H2,1-4H3. The van der Waals surface area contributed by atoms with E-state index in [-0.39, 0.29) is 11.9 Å². The molecule has 0 saturated heterocycles. The van der Waals surface area contributed by atoms with Gasteiger partial charge in [0.15, 0.2) is 0 Å². The van der Waals surface area contributed by atoms with Gasteiger partial charge < -0.3 is 15.7 Å². The van der Waals surface area contributed by atoms with Gasteiger partial charge in [0.25, 0.3) is 0 Å². The summed E-state index contributed by atoms with van der Waals surface area (Å²) in [6.45, 7) is 8.04. The molecule has 0 fully saturated rings. The summed E-state index contributed by atoms with van der Waals surface area (Å²) >= 11 is 0. The zero-order valence-corrected chi connectivity index (χ0v) is 9.58. The largest absolute Gasteiger partial charge is 0.389 e. The molecular weight excluding hydrogens is 180 g/mol. The van der Waals surface area contributed by atoms with Crippen LogP contribution in [0.4, 0.5) is 0 Å². The number of aliphatic hydroxyl groups is 1. The van der Waals surface area contributed by atoms with Crippen molar-refractivity contribution in [3.63, 3.8) is 0 Å². The number of hydrogen-bond acceptors (Lipinski definition) is 3. The lowest BCUT2D eigenvalue weighted by Crippen LogP contribution is -2.43. The zero-order chi connectivity index (χ0) is 11.4. The summed E-state index contributed by atoms with van der Waals surface area (Å²) in [7, 11) is 0. The summed E-state index contributed by atoms with van der Waals surface area (Å²) in [5.41, 5.74) is 4.70. The van der Waals surface area contributed by atoms with Crippen LogP contribution in [0.1, 0.15) is 34.1 Å². The minimum atomic E-state index is -0.844. The Bertz CT molecular complexity index is 185. The van der Waals surface area contributed by atoms with Crippen molar-refractivity contribution in [3.8, 4) is 0 Å². The van der Waals surface area contributed by atoms with E-state index in [9.17, 15) is 9.90 Å². The summed E-state index contributed by atoms with van der Waals surface area (Å²) in [6, 6.07) is -0.127. The number of rotatable bonds is 5. The molecular formula is C10H22N2O2. The summed E-state index contributed by atoms with van der Waals surface area (Å²) in [4.78, 5) is 13.2. The molecule has 0 bridgehead atoms. The molecule has 0 heterocycles. The Kier molecular flexibility index (Phi) is 5.08. The van der Waals surface area contributed by atoms with Crippen LogP contribution in [0.15, 0.2) is 0 Å². The zero-order valence-electron chi connectivity index (χ0n) is 9.58. The van der Waals surface area contributed by atoms with Crippen molar-refractivity contribution in [2.24, 2.45) is 5.73 Å². The SMILES string of the molecule is CCN(CC(C)(C)O)C(=O)CC(C)N. The highest BCUT2D eigenvalue weighted by Gasteiger charge is 2.21. The van der Waals surface area contributed by atoms with Gasteiger partial charge in [-0.3, -0.25) is 4.79 Å². The van der Waals surface area contributed by atoms with Crippen LogP contribution in [0.3, 0.4) is 0 Å². The molecule has 0 aromatic carbocycles. The molecule has 0 radical (unpaired) electrons. The maximum atomic E-state index is 11.6. The average molecular weight is 202 g/mol. The van der Waals surface area contributed by atoms with E-state index in [1.165, 1.54) is 0 Å². The second-order valence-electron chi connectivity index (χ2n) is 4.40. The van der Waals surface area contributed by atoms with Gasteiger partial charge in [0.2, 0.25) is 5.91 Å². The van der Waals surface area contributed by atoms with Crippen LogP contribution in [0.25, 0.3) is 0 Å². The number of nitrogens with two attached hydrogens (primary N) is 1. The highest BCUT2D eigenvalue weighted by atomic mass is 16.3. The number of carbonyl (C=O) groups is 1. The smallest absolute Gasteiger partial charge is 0.224 e. The predicted molar refractivity (Wildman–Crippen MR) is 56.8 cm³/mol. The van der Waals surface area contributed by atoms with E-state index in [2.05, 4.69) is 0 Å². The Morgan fingerprint density at radius 3 is 2.36 bits per heavy atom. The fraction of sp³-hybridized carbons (Fsp3) is 0.900. The molecule has 4 heteroatoms. The second kappa shape index (κ2) is 5.32. The van der Waals surface area contributed by atoms with Crippen LogP contribution in [0, 0.1) is 0 Å². The Balaban J connectivity index is 4.20. The molecule has 14 heavy (non-hydrogen) atoms. The molecule has 0 spiro atoms. The van der Waals surface area contributed by atoms with Crippen LogP contribution >= 0.6 is 0 Å². The molecule has 1 atom stereocenters. The number of hydrogen-bond donors (Lipinski definition) is 2. The first kappa shape index (κ1) is 13.4. The van der Waals surface area contributed by atoms with Crippen molar-refractivity contribution in [1.82, 2.24) is 4.90 Å². The molecule has 0 rings (SSSR count). The number of carbonyl (C=O) groups excluding carboxylic acids is 1. The van der Waals surface area contributed by atoms with E-state index in [4.69, 9.17) is 5.73 Å². The Labute approximate surface area is 86.1 Å². The fourth-order valence-corrected chi connectivity index (χ4v) is 1.25. The van der Waals surface area contributed by atoms with Crippen molar-refractivity contribution in [2.75, 3.05) is 13.1 Å². The van der Waals surface area contributed by atoms with Crippen molar-refractivity contribution < 1.29 is 9.90 Å². The molecule has 1 unspecified atom stereocenters. The summed E-state index contributed by atoms with van der Waals surface area (Å²) in [6.07, 6.45) is 0.337. The topological polar surface area (TPSA) is 66.6 Å². The molecule has 0 aliphatic rings. The molecule has 84 valence electrons. The lowest BCUT2D eigenvalue weighted by atomic mass is 10.1. The van der Waals surface area contributed by atoms with E-state index in [0.29, 0.717) is 19.5 Å². The third-order valence-electron chi connectivity index (χ3n) is 1.81. The first-order valence-corrected chi connectivity index (χ1v) is 5.02. The van der Waals surface area contributed by atoms with Crippen LogP contribution < -0.4 is 5.73 Å². The van der Waals surface area contributed by atoms with Gasteiger partial charge in [-0.15, -0.1) is 0 Å². The van der Waals surface area contributed by atoms with Gasteiger partial charge in [-0.05, 0) is 27.7 Å². The quantitative estimate of drug-likeness (QED) is 0.675. The maximum absolute atomic E-state index is 11.6. The molecule has 1 amide bonds. The van der Waals surface area contributed by atoms with E-state index < -0.39 is 5.60 Å². The van der Waals surface area contributed by atoms with E-state index in [0.717, 1.165) is 0 Å². The van der Waals surface area contributed by atoms with Gasteiger partial charge in [0.05, 0.1) is 5.60 Å². The molecule has 0 aromatic rings. The third-order valence-corrected chi connectivity index (χ3v) is 1.81. The van der Waals surface area contributed by atoms with E-state index in [1.54, 1.807) is 25.7 Å². The Morgan fingerprint density at radius 1 is 1.57 bits per heavy atom. The third kappa shape index (κ3) is 5.94. The van der Waals surface area contributed by atoms with E-state index in [1.807, 2.05) is 6.92 Å².